The van der Waals surface area contributed by atoms with Crippen LogP contribution in [0.2, 0.25) is 0 Å². The van der Waals surface area contributed by atoms with Crippen LogP contribution >= 0.6 is 12.6 Å². The second-order valence-corrected chi connectivity index (χ2v) is 4.30. The Kier molecular flexibility index (Phi) is 4.99. The average molecular weight is 225 g/mol. The lowest BCUT2D eigenvalue weighted by atomic mass is 10.1. The van der Waals surface area contributed by atoms with Gasteiger partial charge in [0.2, 0.25) is 0 Å². The highest BCUT2D eigenvalue weighted by atomic mass is 32.1. The van der Waals surface area contributed by atoms with Crippen molar-refractivity contribution < 1.29 is 4.74 Å². The molecule has 0 aromatic heterocycles. The van der Waals surface area contributed by atoms with Crippen molar-refractivity contribution in [1.82, 2.24) is 4.90 Å². The van der Waals surface area contributed by atoms with E-state index in [9.17, 15) is 0 Å². The van der Waals surface area contributed by atoms with Gasteiger partial charge in [-0.05, 0) is 37.9 Å². The largest absolute Gasteiger partial charge is 0.496 e. The lowest BCUT2D eigenvalue weighted by Gasteiger charge is -2.14. The van der Waals surface area contributed by atoms with Crippen molar-refractivity contribution in [2.75, 3.05) is 27.0 Å². The van der Waals surface area contributed by atoms with Crippen molar-refractivity contribution in [3.8, 4) is 5.75 Å². The number of aryl methyl sites for hydroxylation is 1. The van der Waals surface area contributed by atoms with Crippen molar-refractivity contribution in [2.24, 2.45) is 0 Å². The molecule has 0 atom stereocenters. The highest BCUT2D eigenvalue weighted by Gasteiger charge is 2.05. The van der Waals surface area contributed by atoms with Crippen LogP contribution in [0.15, 0.2) is 18.2 Å². The summed E-state index contributed by atoms with van der Waals surface area (Å²) in [5, 5.41) is 0. The molecule has 0 spiro atoms. The first-order valence-electron chi connectivity index (χ1n) is 5.08. The van der Waals surface area contributed by atoms with Gasteiger partial charge in [-0.3, -0.25) is 0 Å². The monoisotopic (exact) mass is 225 g/mol. The van der Waals surface area contributed by atoms with Gasteiger partial charge in [-0.2, -0.15) is 12.6 Å². The maximum atomic E-state index is 5.33. The summed E-state index contributed by atoms with van der Waals surface area (Å²) in [6.07, 6.45) is 1.01. The number of hydrogen-bond acceptors (Lipinski definition) is 3. The number of benzene rings is 1. The van der Waals surface area contributed by atoms with E-state index < -0.39 is 0 Å². The summed E-state index contributed by atoms with van der Waals surface area (Å²) >= 11 is 4.24. The summed E-state index contributed by atoms with van der Waals surface area (Å²) in [6, 6.07) is 6.35. The molecule has 0 N–H and O–H groups in total. The normalized spacial score (nSPS) is 10.7. The molecule has 3 heteroatoms. The van der Waals surface area contributed by atoms with Crippen LogP contribution in [0.1, 0.15) is 11.1 Å². The maximum absolute atomic E-state index is 5.33. The molecule has 1 aromatic carbocycles. The third kappa shape index (κ3) is 3.76. The number of thiol groups is 1. The minimum atomic E-state index is 0.883. The summed E-state index contributed by atoms with van der Waals surface area (Å²) in [5.74, 6) is 1.85. The molecule has 15 heavy (non-hydrogen) atoms. The van der Waals surface area contributed by atoms with Crippen molar-refractivity contribution in [3.63, 3.8) is 0 Å². The quantitative estimate of drug-likeness (QED) is 0.772. The maximum Gasteiger partial charge on any atom is 0.123 e. The summed E-state index contributed by atoms with van der Waals surface area (Å²) in [6.45, 7) is 0.906. The molecular formula is C12H19NOS. The first-order valence-corrected chi connectivity index (χ1v) is 5.72. The van der Waals surface area contributed by atoms with Crippen LogP contribution in [0.3, 0.4) is 0 Å². The Bertz CT molecular complexity index is 312. The van der Waals surface area contributed by atoms with Crippen LogP contribution < -0.4 is 4.74 Å². The minimum absolute atomic E-state index is 0.883. The fraction of sp³-hybridized carbons (Fsp3) is 0.500. The molecule has 2 nitrogen and oxygen atoms in total. The molecule has 0 heterocycles. The summed E-state index contributed by atoms with van der Waals surface area (Å²) in [4.78, 5) is 2.14. The molecule has 0 amide bonds. The van der Waals surface area contributed by atoms with Gasteiger partial charge < -0.3 is 9.64 Å². The minimum Gasteiger partial charge on any atom is -0.496 e. The van der Waals surface area contributed by atoms with E-state index in [4.69, 9.17) is 4.74 Å². The Morgan fingerprint density at radius 3 is 2.60 bits per heavy atom. The summed E-state index contributed by atoms with van der Waals surface area (Å²) < 4.78 is 5.33. The highest BCUT2D eigenvalue weighted by Crippen LogP contribution is 2.21. The van der Waals surface area contributed by atoms with Gasteiger partial charge in [-0.15, -0.1) is 0 Å². The topological polar surface area (TPSA) is 12.5 Å². The molecule has 0 aliphatic rings. The first kappa shape index (κ1) is 12.4. The van der Waals surface area contributed by atoms with Crippen LogP contribution in [0.4, 0.5) is 0 Å². The summed E-state index contributed by atoms with van der Waals surface area (Å²) in [7, 11) is 5.84. The fourth-order valence-electron chi connectivity index (χ4n) is 1.58. The molecule has 0 saturated heterocycles. The molecule has 0 aliphatic carbocycles. The molecule has 0 radical (unpaired) electrons. The zero-order valence-corrected chi connectivity index (χ0v) is 10.6. The van der Waals surface area contributed by atoms with E-state index in [1.54, 1.807) is 7.11 Å². The average Bonchev–Trinajstić information content (AvgIpc) is 2.18. The second-order valence-electron chi connectivity index (χ2n) is 3.86. The lowest BCUT2D eigenvalue weighted by Crippen LogP contribution is -2.11. The molecule has 0 saturated carbocycles. The Morgan fingerprint density at radius 1 is 1.33 bits per heavy atom. The molecule has 84 valence electrons. The van der Waals surface area contributed by atoms with E-state index in [0.717, 1.165) is 24.5 Å². The SMILES string of the molecule is COc1ccc(CCS)cc1CN(C)C. The van der Waals surface area contributed by atoms with Gasteiger partial charge in [0.15, 0.2) is 0 Å². The zero-order chi connectivity index (χ0) is 11.3. The summed E-state index contributed by atoms with van der Waals surface area (Å²) in [5.41, 5.74) is 2.56. The Hall–Kier alpha value is -0.670. The predicted molar refractivity (Wildman–Crippen MR) is 67.9 cm³/mol. The van der Waals surface area contributed by atoms with Gasteiger partial charge in [0.1, 0.15) is 5.75 Å². The molecular weight excluding hydrogens is 206 g/mol. The van der Waals surface area contributed by atoms with Gasteiger partial charge in [0.25, 0.3) is 0 Å². The van der Waals surface area contributed by atoms with E-state index in [0.29, 0.717) is 0 Å². The fourth-order valence-corrected chi connectivity index (χ4v) is 1.84. The molecule has 0 fully saturated rings. The molecule has 1 rings (SSSR count). The van der Waals surface area contributed by atoms with E-state index in [2.05, 4.69) is 43.8 Å². The third-order valence-corrected chi connectivity index (χ3v) is 2.46. The first-order chi connectivity index (χ1) is 7.17. The van der Waals surface area contributed by atoms with E-state index >= 15 is 0 Å². The number of rotatable bonds is 5. The Balaban J connectivity index is 2.91. The molecule has 0 unspecified atom stereocenters. The predicted octanol–water partition coefficient (Wildman–Crippen LogP) is 2.23. The van der Waals surface area contributed by atoms with Gasteiger partial charge >= 0.3 is 0 Å². The lowest BCUT2D eigenvalue weighted by molar-refractivity contribution is 0.371. The van der Waals surface area contributed by atoms with Crippen LogP contribution in [0.5, 0.6) is 5.75 Å². The van der Waals surface area contributed by atoms with Crippen LogP contribution in [0.25, 0.3) is 0 Å². The van der Waals surface area contributed by atoms with Gasteiger partial charge in [-0.25, -0.2) is 0 Å². The number of nitrogens with zero attached hydrogens (tertiary/aromatic N) is 1. The van der Waals surface area contributed by atoms with Crippen molar-refractivity contribution in [3.05, 3.63) is 29.3 Å². The van der Waals surface area contributed by atoms with Crippen molar-refractivity contribution in [1.29, 1.82) is 0 Å². The van der Waals surface area contributed by atoms with Gasteiger partial charge in [-0.1, -0.05) is 12.1 Å². The molecule has 0 aliphatic heterocycles. The Morgan fingerprint density at radius 2 is 2.07 bits per heavy atom. The van der Waals surface area contributed by atoms with E-state index in [1.807, 2.05) is 6.07 Å². The van der Waals surface area contributed by atoms with Gasteiger partial charge in [0.05, 0.1) is 7.11 Å². The van der Waals surface area contributed by atoms with Crippen LogP contribution in [0, 0.1) is 0 Å². The standard InChI is InChI=1S/C12H19NOS/c1-13(2)9-11-8-10(6-7-15)4-5-12(11)14-3/h4-5,8,15H,6-7,9H2,1-3H3. The number of hydrogen-bond donors (Lipinski definition) is 1. The molecule has 0 bridgehead atoms. The van der Waals surface area contributed by atoms with E-state index in [1.165, 1.54) is 11.1 Å². The van der Waals surface area contributed by atoms with E-state index in [-0.39, 0.29) is 0 Å². The zero-order valence-electron chi connectivity index (χ0n) is 9.66. The van der Waals surface area contributed by atoms with Crippen LogP contribution in [-0.2, 0) is 13.0 Å². The van der Waals surface area contributed by atoms with Crippen LogP contribution in [-0.4, -0.2) is 31.9 Å². The second kappa shape index (κ2) is 6.03. The third-order valence-electron chi connectivity index (χ3n) is 2.23. The Labute approximate surface area is 97.6 Å². The number of ether oxygens (including phenoxy) is 1. The van der Waals surface area contributed by atoms with Crippen molar-refractivity contribution >= 4 is 12.6 Å². The smallest absolute Gasteiger partial charge is 0.123 e. The number of methoxy groups -OCH3 is 1. The highest BCUT2D eigenvalue weighted by molar-refractivity contribution is 7.80. The molecule has 1 aromatic rings. The van der Waals surface area contributed by atoms with Crippen molar-refractivity contribution in [2.45, 2.75) is 13.0 Å². The van der Waals surface area contributed by atoms with Gasteiger partial charge in [0, 0.05) is 12.1 Å².